The van der Waals surface area contributed by atoms with Gasteiger partial charge in [0.1, 0.15) is 16.9 Å². The molecule has 0 bridgehead atoms. The number of ether oxygens (including phenoxy) is 2. The number of thiophene rings is 1. The molecular weight excluding hydrogens is 390 g/mol. The average molecular weight is 411 g/mol. The van der Waals surface area contributed by atoms with Crippen molar-refractivity contribution in [3.63, 3.8) is 0 Å². The van der Waals surface area contributed by atoms with E-state index in [1.165, 1.54) is 19.5 Å². The Bertz CT molecular complexity index is 1290. The lowest BCUT2D eigenvalue weighted by atomic mass is 9.89. The highest BCUT2D eigenvalue weighted by Crippen LogP contribution is 2.38. The van der Waals surface area contributed by atoms with Gasteiger partial charge < -0.3 is 9.47 Å². The van der Waals surface area contributed by atoms with Crippen LogP contribution in [0.3, 0.4) is 0 Å². The van der Waals surface area contributed by atoms with Gasteiger partial charge in [-0.3, -0.25) is 4.98 Å². The van der Waals surface area contributed by atoms with Crippen molar-refractivity contribution in [2.24, 2.45) is 5.92 Å². The molecule has 150 valence electrons. The van der Waals surface area contributed by atoms with Crippen LogP contribution < -0.4 is 15.2 Å². The molecule has 1 unspecified atom stereocenters. The van der Waals surface area contributed by atoms with Crippen LogP contribution in [0.1, 0.15) is 29.5 Å². The summed E-state index contributed by atoms with van der Waals surface area (Å²) in [6, 6.07) is 1.72. The zero-order valence-corrected chi connectivity index (χ0v) is 17.3. The molecule has 1 aliphatic carbocycles. The number of hydrogen-bond donors (Lipinski definition) is 0. The Morgan fingerprint density at radius 2 is 2.14 bits per heavy atom. The number of pyridine rings is 1. The van der Waals surface area contributed by atoms with E-state index in [1.807, 2.05) is 0 Å². The van der Waals surface area contributed by atoms with Crippen molar-refractivity contribution in [2.75, 3.05) is 14.2 Å². The first-order valence-corrected chi connectivity index (χ1v) is 10.4. The summed E-state index contributed by atoms with van der Waals surface area (Å²) in [5.74, 6) is 1.75. The van der Waals surface area contributed by atoms with Gasteiger partial charge in [-0.25, -0.2) is 18.9 Å². The molecule has 5 rings (SSSR count). The summed E-state index contributed by atoms with van der Waals surface area (Å²) in [5.41, 5.74) is 2.30. The summed E-state index contributed by atoms with van der Waals surface area (Å²) >= 11 is 1.72. The van der Waals surface area contributed by atoms with E-state index in [0.717, 1.165) is 29.5 Å². The Balaban J connectivity index is 1.66. The standard InChI is InChI=1S/C20H21N5O3S/c1-11-4-5-12-15(8-11)29-19-16(12)18-23-25(20(26)24(18)10-22-19)9-13-17(28-3)14(27-2)6-7-21-13/h6-7,10-11H,4-5,8-9H2,1-3H3. The van der Waals surface area contributed by atoms with Gasteiger partial charge in [-0.05, 0) is 30.7 Å². The Morgan fingerprint density at radius 3 is 2.93 bits per heavy atom. The van der Waals surface area contributed by atoms with Crippen LogP contribution in [0.5, 0.6) is 11.5 Å². The fourth-order valence-corrected chi connectivity index (χ4v) is 5.42. The Labute approximate surface area is 170 Å². The van der Waals surface area contributed by atoms with Crippen molar-refractivity contribution in [3.05, 3.63) is 45.2 Å². The highest BCUT2D eigenvalue weighted by molar-refractivity contribution is 7.19. The van der Waals surface area contributed by atoms with E-state index >= 15 is 0 Å². The van der Waals surface area contributed by atoms with Crippen LogP contribution in [-0.2, 0) is 19.4 Å². The third kappa shape index (κ3) is 2.79. The second kappa shape index (κ2) is 6.84. The van der Waals surface area contributed by atoms with Gasteiger partial charge in [0.2, 0.25) is 0 Å². The van der Waals surface area contributed by atoms with Crippen molar-refractivity contribution in [2.45, 2.75) is 32.7 Å². The number of methoxy groups -OCH3 is 2. The first-order valence-electron chi connectivity index (χ1n) is 9.55. The molecule has 4 aromatic heterocycles. The zero-order valence-electron chi connectivity index (χ0n) is 16.5. The molecule has 1 aliphatic rings. The van der Waals surface area contributed by atoms with E-state index in [2.05, 4.69) is 22.0 Å². The van der Waals surface area contributed by atoms with Gasteiger partial charge in [-0.2, -0.15) is 0 Å². The number of aromatic nitrogens is 5. The van der Waals surface area contributed by atoms with Gasteiger partial charge in [0.25, 0.3) is 0 Å². The summed E-state index contributed by atoms with van der Waals surface area (Å²) in [6.45, 7) is 2.47. The van der Waals surface area contributed by atoms with Crippen LogP contribution in [0.15, 0.2) is 23.4 Å². The van der Waals surface area contributed by atoms with Gasteiger partial charge in [0, 0.05) is 17.1 Å². The molecule has 4 heterocycles. The SMILES string of the molecule is COc1ccnc(Cn2nc3c4c5c(sc4ncn3c2=O)CC(C)CC5)c1OC. The maximum atomic E-state index is 13.0. The number of rotatable bonds is 4. The van der Waals surface area contributed by atoms with Crippen LogP contribution in [0.2, 0.25) is 0 Å². The summed E-state index contributed by atoms with van der Waals surface area (Å²) < 4.78 is 13.7. The molecule has 0 aromatic carbocycles. The van der Waals surface area contributed by atoms with E-state index in [0.29, 0.717) is 28.8 Å². The largest absolute Gasteiger partial charge is 0.493 e. The van der Waals surface area contributed by atoms with Gasteiger partial charge in [-0.1, -0.05) is 6.92 Å². The molecule has 1 atom stereocenters. The van der Waals surface area contributed by atoms with E-state index in [4.69, 9.17) is 9.47 Å². The molecule has 0 amide bonds. The van der Waals surface area contributed by atoms with E-state index in [1.54, 1.807) is 44.1 Å². The Hall–Kier alpha value is -2.94. The fourth-order valence-electron chi connectivity index (χ4n) is 4.07. The molecule has 0 spiro atoms. The molecular formula is C20H21N5O3S. The normalized spacial score (nSPS) is 16.3. The van der Waals surface area contributed by atoms with Crippen LogP contribution in [0, 0.1) is 5.92 Å². The maximum Gasteiger partial charge on any atom is 0.351 e. The molecule has 9 heteroatoms. The van der Waals surface area contributed by atoms with Gasteiger partial charge in [0.15, 0.2) is 17.1 Å². The van der Waals surface area contributed by atoms with Gasteiger partial charge in [0.05, 0.1) is 26.2 Å². The van der Waals surface area contributed by atoms with Crippen LogP contribution in [-0.4, -0.2) is 38.4 Å². The van der Waals surface area contributed by atoms with Crippen LogP contribution in [0.4, 0.5) is 0 Å². The predicted octanol–water partition coefficient (Wildman–Crippen LogP) is 2.69. The number of hydrogen-bond acceptors (Lipinski definition) is 7. The first kappa shape index (κ1) is 18.1. The lowest BCUT2D eigenvalue weighted by Crippen LogP contribution is -2.22. The highest BCUT2D eigenvalue weighted by Gasteiger charge is 2.24. The molecule has 0 aliphatic heterocycles. The van der Waals surface area contributed by atoms with Crippen LogP contribution in [0.25, 0.3) is 15.9 Å². The van der Waals surface area contributed by atoms with E-state index < -0.39 is 0 Å². The monoisotopic (exact) mass is 411 g/mol. The van der Waals surface area contributed by atoms with Crippen molar-refractivity contribution >= 4 is 27.2 Å². The lowest BCUT2D eigenvalue weighted by Gasteiger charge is -2.17. The van der Waals surface area contributed by atoms with Crippen molar-refractivity contribution in [3.8, 4) is 11.5 Å². The minimum Gasteiger partial charge on any atom is -0.493 e. The number of aryl methyl sites for hydroxylation is 1. The first-order chi connectivity index (χ1) is 14.1. The lowest BCUT2D eigenvalue weighted by molar-refractivity contribution is 0.347. The molecule has 0 saturated carbocycles. The van der Waals surface area contributed by atoms with E-state index in [-0.39, 0.29) is 12.2 Å². The molecule has 29 heavy (non-hydrogen) atoms. The topological polar surface area (TPSA) is 83.5 Å². The van der Waals surface area contributed by atoms with Crippen molar-refractivity contribution in [1.82, 2.24) is 24.1 Å². The quantitative estimate of drug-likeness (QED) is 0.513. The van der Waals surface area contributed by atoms with Crippen molar-refractivity contribution in [1.29, 1.82) is 0 Å². The molecule has 0 N–H and O–H groups in total. The summed E-state index contributed by atoms with van der Waals surface area (Å²) in [7, 11) is 3.13. The predicted molar refractivity (Wildman–Crippen MR) is 110 cm³/mol. The number of nitrogens with zero attached hydrogens (tertiary/aromatic N) is 5. The Kier molecular flexibility index (Phi) is 4.27. The molecule has 8 nitrogen and oxygen atoms in total. The molecule has 4 aromatic rings. The zero-order chi connectivity index (χ0) is 20.1. The van der Waals surface area contributed by atoms with Crippen LogP contribution >= 0.6 is 11.3 Å². The third-order valence-corrected chi connectivity index (χ3v) is 6.71. The maximum absolute atomic E-state index is 13.0. The molecule has 0 radical (unpaired) electrons. The van der Waals surface area contributed by atoms with E-state index in [9.17, 15) is 4.79 Å². The molecule has 0 saturated heterocycles. The summed E-state index contributed by atoms with van der Waals surface area (Å²) in [5, 5.41) is 5.68. The van der Waals surface area contributed by atoms with Gasteiger partial charge >= 0.3 is 5.69 Å². The number of fused-ring (bicyclic) bond motifs is 5. The van der Waals surface area contributed by atoms with Gasteiger partial charge in [-0.15, -0.1) is 16.4 Å². The minimum absolute atomic E-state index is 0.186. The Morgan fingerprint density at radius 1 is 1.28 bits per heavy atom. The molecule has 0 fully saturated rings. The average Bonchev–Trinajstić information content (AvgIpc) is 3.24. The summed E-state index contributed by atoms with van der Waals surface area (Å²) in [6.07, 6.45) is 6.43. The highest BCUT2D eigenvalue weighted by atomic mass is 32.1. The minimum atomic E-state index is -0.245. The summed E-state index contributed by atoms with van der Waals surface area (Å²) in [4.78, 5) is 24.2. The second-order valence-corrected chi connectivity index (χ2v) is 8.49. The van der Waals surface area contributed by atoms with Crippen molar-refractivity contribution < 1.29 is 9.47 Å². The second-order valence-electron chi connectivity index (χ2n) is 7.40. The fraction of sp³-hybridized carbons (Fsp3) is 0.400. The third-order valence-electron chi connectivity index (χ3n) is 5.54. The smallest absolute Gasteiger partial charge is 0.351 e.